The number of hydrogen-bond donors (Lipinski definition) is 2. The predicted octanol–water partition coefficient (Wildman–Crippen LogP) is 2.12. The third-order valence-corrected chi connectivity index (χ3v) is 5.42. The summed E-state index contributed by atoms with van der Waals surface area (Å²) >= 11 is 0. The molecule has 1 heterocycles. The molecule has 0 bridgehead atoms. The van der Waals surface area contributed by atoms with E-state index in [1.54, 1.807) is 24.3 Å². The van der Waals surface area contributed by atoms with Gasteiger partial charge in [0.05, 0.1) is 6.42 Å². The van der Waals surface area contributed by atoms with Gasteiger partial charge in [0.2, 0.25) is 5.91 Å². The average molecular weight is 414 g/mol. The van der Waals surface area contributed by atoms with Gasteiger partial charge >= 0.3 is 15.3 Å². The first-order valence-electron chi connectivity index (χ1n) is 9.19. The van der Waals surface area contributed by atoms with Gasteiger partial charge in [0, 0.05) is 24.3 Å². The Morgan fingerprint density at radius 2 is 1.62 bits per heavy atom. The monoisotopic (exact) mass is 414 g/mol. The Kier molecular flexibility index (Phi) is 6.28. The number of anilines is 1. The van der Waals surface area contributed by atoms with Crippen LogP contribution in [0.15, 0.2) is 59.0 Å². The first kappa shape index (κ1) is 20.5. The van der Waals surface area contributed by atoms with Crippen molar-refractivity contribution >= 4 is 32.7 Å². The molecule has 1 saturated heterocycles. The van der Waals surface area contributed by atoms with Crippen LogP contribution in [0.2, 0.25) is 0 Å². The van der Waals surface area contributed by atoms with Crippen LogP contribution in [0.4, 0.5) is 10.5 Å². The number of amidine groups is 1. The zero-order valence-electron chi connectivity index (χ0n) is 15.7. The molecule has 152 valence electrons. The van der Waals surface area contributed by atoms with Crippen LogP contribution in [-0.2, 0) is 21.2 Å². The number of likely N-dealkylation sites (tertiary alicyclic amines) is 1. The Morgan fingerprint density at radius 1 is 1.00 bits per heavy atom. The van der Waals surface area contributed by atoms with Gasteiger partial charge in [-0.25, -0.2) is 0 Å². The number of nitrogens with zero attached hydrogens (tertiary/aromatic N) is 2. The van der Waals surface area contributed by atoms with Crippen molar-refractivity contribution in [2.24, 2.45) is 10.1 Å². The number of carbonyl (C=O) groups excluding carboxylic acids is 2. The largest absolute Gasteiger partial charge is 0.356 e. The second kappa shape index (κ2) is 8.87. The number of primary amides is 1. The molecule has 9 heteroatoms. The minimum Gasteiger partial charge on any atom is -0.355 e. The van der Waals surface area contributed by atoms with Crippen molar-refractivity contribution in [2.75, 3.05) is 18.4 Å². The van der Waals surface area contributed by atoms with E-state index in [1.807, 2.05) is 35.2 Å². The van der Waals surface area contributed by atoms with Crippen molar-refractivity contribution in [3.63, 3.8) is 0 Å². The second-order valence-corrected chi connectivity index (χ2v) is 8.23. The highest BCUT2D eigenvalue weighted by molar-refractivity contribution is 8.04. The predicted molar refractivity (Wildman–Crippen MR) is 111 cm³/mol. The third-order valence-electron chi connectivity index (χ3n) is 4.50. The van der Waals surface area contributed by atoms with E-state index in [1.165, 1.54) is 0 Å². The minimum absolute atomic E-state index is 0.159. The number of amides is 2. The molecule has 0 radical (unpaired) electrons. The van der Waals surface area contributed by atoms with E-state index < -0.39 is 15.3 Å². The quantitative estimate of drug-likeness (QED) is 0.573. The lowest BCUT2D eigenvalue weighted by Crippen LogP contribution is -2.31. The van der Waals surface area contributed by atoms with Gasteiger partial charge in [0.25, 0.3) is 0 Å². The number of nitrogens with one attached hydrogen (secondary N) is 1. The zero-order valence-corrected chi connectivity index (χ0v) is 16.6. The van der Waals surface area contributed by atoms with Crippen LogP contribution in [0.5, 0.6) is 0 Å². The molecule has 3 rings (SSSR count). The first-order valence-corrected chi connectivity index (χ1v) is 10.6. The second-order valence-electron chi connectivity index (χ2n) is 6.69. The molecule has 2 aromatic rings. The molecule has 0 atom stereocenters. The summed E-state index contributed by atoms with van der Waals surface area (Å²) in [6.07, 6.45) is 2.06. The fourth-order valence-electron chi connectivity index (χ4n) is 3.07. The molecule has 0 unspecified atom stereocenters. The summed E-state index contributed by atoms with van der Waals surface area (Å²) in [6, 6.07) is 16.0. The van der Waals surface area contributed by atoms with Crippen molar-refractivity contribution in [2.45, 2.75) is 19.3 Å². The summed E-state index contributed by atoms with van der Waals surface area (Å²) < 4.78 is 27.5. The van der Waals surface area contributed by atoms with E-state index in [0.29, 0.717) is 24.3 Å². The summed E-state index contributed by atoms with van der Waals surface area (Å²) in [7, 11) is -4.43. The van der Waals surface area contributed by atoms with Gasteiger partial charge in [-0.15, -0.1) is 4.40 Å². The van der Waals surface area contributed by atoms with Crippen molar-refractivity contribution in [1.82, 2.24) is 4.90 Å². The minimum atomic E-state index is -4.43. The average Bonchev–Trinajstić information content (AvgIpc) is 3.22. The molecule has 0 saturated carbocycles. The maximum atomic E-state index is 12.2. The number of hydrogen-bond acceptors (Lipinski definition) is 4. The fraction of sp³-hybridized carbons (Fsp3) is 0.250. The van der Waals surface area contributed by atoms with Gasteiger partial charge in [-0.05, 0) is 42.7 Å². The Bertz CT molecular complexity index is 1010. The smallest absolute Gasteiger partial charge is 0.355 e. The van der Waals surface area contributed by atoms with Crippen LogP contribution in [0.3, 0.4) is 0 Å². The van der Waals surface area contributed by atoms with Crippen molar-refractivity contribution < 1.29 is 18.0 Å². The van der Waals surface area contributed by atoms with E-state index in [9.17, 15) is 18.0 Å². The molecule has 1 fully saturated rings. The molecule has 0 aliphatic carbocycles. The van der Waals surface area contributed by atoms with Crippen LogP contribution in [0.1, 0.15) is 24.0 Å². The van der Waals surface area contributed by atoms with Crippen LogP contribution in [0.25, 0.3) is 0 Å². The summed E-state index contributed by atoms with van der Waals surface area (Å²) in [5, 5.41) is 1.32. The molecule has 2 aromatic carbocycles. The summed E-state index contributed by atoms with van der Waals surface area (Å²) in [6.45, 7) is 1.28. The Morgan fingerprint density at radius 3 is 2.21 bits per heavy atom. The van der Waals surface area contributed by atoms with Crippen molar-refractivity contribution in [3.05, 3.63) is 65.7 Å². The lowest BCUT2D eigenvalue weighted by Gasteiger charge is -2.20. The first-order chi connectivity index (χ1) is 13.8. The maximum Gasteiger partial charge on any atom is 0.356 e. The highest BCUT2D eigenvalue weighted by atomic mass is 32.2. The van der Waals surface area contributed by atoms with E-state index in [-0.39, 0.29) is 18.2 Å². The normalized spacial score (nSPS) is 14.6. The molecule has 29 heavy (non-hydrogen) atoms. The van der Waals surface area contributed by atoms with Crippen LogP contribution in [-0.4, -0.2) is 43.4 Å². The number of benzene rings is 2. The van der Waals surface area contributed by atoms with Gasteiger partial charge in [-0.2, -0.15) is 8.42 Å². The van der Waals surface area contributed by atoms with Crippen molar-refractivity contribution in [1.29, 1.82) is 0 Å². The van der Waals surface area contributed by atoms with Crippen LogP contribution < -0.4 is 11.1 Å². The molecular weight excluding hydrogens is 392 g/mol. The molecule has 1 aliphatic rings. The number of nitrogens with two attached hydrogens (primary N) is 1. The Balaban J connectivity index is 1.78. The lowest BCUT2D eigenvalue weighted by atomic mass is 10.1. The molecule has 1 aliphatic heterocycles. The SMILES string of the molecule is NC(=O)S(=O)(=O)N=C(c1ccc(NC(=O)Cc2ccccc2)cc1)N1CCCC1. The van der Waals surface area contributed by atoms with Crippen molar-refractivity contribution in [3.8, 4) is 0 Å². The Labute approximate surface area is 169 Å². The van der Waals surface area contributed by atoms with Gasteiger partial charge < -0.3 is 16.0 Å². The lowest BCUT2D eigenvalue weighted by molar-refractivity contribution is -0.115. The molecule has 3 N–H and O–H groups in total. The maximum absolute atomic E-state index is 12.2. The highest BCUT2D eigenvalue weighted by Gasteiger charge is 2.24. The van der Waals surface area contributed by atoms with Crippen LogP contribution in [0, 0.1) is 0 Å². The highest BCUT2D eigenvalue weighted by Crippen LogP contribution is 2.18. The Hall–Kier alpha value is -3.20. The number of sulfonamides is 1. The van der Waals surface area contributed by atoms with Gasteiger partial charge in [0.15, 0.2) is 0 Å². The fourth-order valence-corrected chi connectivity index (χ4v) is 3.61. The van der Waals surface area contributed by atoms with E-state index in [0.717, 1.165) is 18.4 Å². The van der Waals surface area contributed by atoms with Gasteiger partial charge in [-0.3, -0.25) is 9.59 Å². The van der Waals surface area contributed by atoms with E-state index in [4.69, 9.17) is 5.73 Å². The van der Waals surface area contributed by atoms with E-state index >= 15 is 0 Å². The molecule has 0 spiro atoms. The summed E-state index contributed by atoms with van der Waals surface area (Å²) in [5.74, 6) is 0.0251. The van der Waals surface area contributed by atoms with Gasteiger partial charge in [-0.1, -0.05) is 30.3 Å². The third kappa shape index (κ3) is 5.41. The standard InChI is InChI=1S/C20H22N4O4S/c21-20(26)29(27,28)23-19(24-12-4-5-13-24)16-8-10-17(11-9-16)22-18(25)14-15-6-2-1-3-7-15/h1-3,6-11H,4-5,12-14H2,(H2,21,26)(H,22,25). The summed E-state index contributed by atoms with van der Waals surface area (Å²) in [4.78, 5) is 25.2. The molecule has 0 aromatic heterocycles. The number of rotatable bonds is 5. The topological polar surface area (TPSA) is 122 Å². The zero-order chi connectivity index (χ0) is 20.9. The van der Waals surface area contributed by atoms with Crippen LogP contribution >= 0.6 is 0 Å². The van der Waals surface area contributed by atoms with Gasteiger partial charge in [0.1, 0.15) is 5.84 Å². The molecular formula is C20H22N4O4S. The number of carbonyl (C=O) groups is 2. The summed E-state index contributed by atoms with van der Waals surface area (Å²) in [5.41, 5.74) is 6.94. The van der Waals surface area contributed by atoms with E-state index in [2.05, 4.69) is 9.71 Å². The molecule has 8 nitrogen and oxygen atoms in total. The molecule has 2 amide bonds.